The van der Waals surface area contributed by atoms with Gasteiger partial charge < -0.3 is 4.55 Å². The van der Waals surface area contributed by atoms with Gasteiger partial charge in [-0.2, -0.15) is 0 Å². The average molecular weight is 170 g/mol. The van der Waals surface area contributed by atoms with Gasteiger partial charge in [-0.25, -0.2) is 4.21 Å². The number of rotatable bonds is 1. The average Bonchev–Trinajstić information content (AvgIpc) is 1.85. The maximum absolute atomic E-state index is 10.9. The summed E-state index contributed by atoms with van der Waals surface area (Å²) in [6, 6.07) is 9.11. The van der Waals surface area contributed by atoms with Crippen molar-refractivity contribution in [1.29, 1.82) is 0 Å². The zero-order valence-corrected chi connectivity index (χ0v) is 7.04. The van der Waals surface area contributed by atoms with Crippen LogP contribution in [-0.4, -0.2) is 20.4 Å². The molecule has 60 valence electrons. The molecule has 0 saturated carbocycles. The van der Waals surface area contributed by atoms with Crippen LogP contribution in [0.25, 0.3) is 0 Å². The van der Waals surface area contributed by atoms with Crippen molar-refractivity contribution >= 4 is 15.2 Å². The van der Waals surface area contributed by atoms with Gasteiger partial charge in [0.1, 0.15) is 0 Å². The fourth-order valence-electron chi connectivity index (χ4n) is 0.784. The Labute approximate surface area is 66.7 Å². The summed E-state index contributed by atoms with van der Waals surface area (Å²) < 4.78 is 19.8. The molecule has 0 bridgehead atoms. The van der Waals surface area contributed by atoms with Gasteiger partial charge in [-0.15, -0.1) is 0 Å². The summed E-state index contributed by atoms with van der Waals surface area (Å²) in [4.78, 5) is 0. The van der Waals surface area contributed by atoms with E-state index in [1.807, 2.05) is 18.2 Å². The number of hydrogen-bond acceptors (Lipinski definition) is 1. The molecule has 1 aromatic carbocycles. The summed E-state index contributed by atoms with van der Waals surface area (Å²) in [5.74, 6) is 0. The largest absolute Gasteiger partial charge is 0.314 e. The number of hydrogen-bond donors (Lipinski definition) is 1. The molecule has 2 nitrogen and oxygen atoms in total. The summed E-state index contributed by atoms with van der Waals surface area (Å²) >= 11 is 0. The first-order chi connectivity index (χ1) is 5.08. The first-order valence-corrected chi connectivity index (χ1v) is 5.18. The molecule has 0 radical (unpaired) electrons. The van der Waals surface area contributed by atoms with E-state index in [2.05, 4.69) is 0 Å². The lowest BCUT2D eigenvalue weighted by Gasteiger charge is -1.93. The molecule has 11 heavy (non-hydrogen) atoms. The van der Waals surface area contributed by atoms with E-state index in [1.54, 1.807) is 12.1 Å². The Morgan fingerprint density at radius 1 is 1.36 bits per heavy atom. The zero-order valence-electron chi connectivity index (χ0n) is 6.23. The standard InChI is InChI=1S/C8H10O2S/c1-11(9,10)7-8-5-3-2-4-6-8/h2-7H,1H3,(H,9,10). The Bertz CT molecular complexity index is 326. The third-order valence-electron chi connectivity index (χ3n) is 1.15. The molecule has 0 amide bonds. The van der Waals surface area contributed by atoms with Crippen molar-refractivity contribution in [2.45, 2.75) is 0 Å². The highest BCUT2D eigenvalue weighted by molar-refractivity contribution is 7.95. The quantitative estimate of drug-likeness (QED) is 0.643. The van der Waals surface area contributed by atoms with Crippen LogP contribution in [0.1, 0.15) is 5.56 Å². The molecule has 0 spiro atoms. The lowest BCUT2D eigenvalue weighted by molar-refractivity contribution is 0.566. The van der Waals surface area contributed by atoms with E-state index in [0.29, 0.717) is 0 Å². The highest BCUT2D eigenvalue weighted by atomic mass is 32.2. The van der Waals surface area contributed by atoms with Crippen LogP contribution in [-0.2, 0) is 9.80 Å². The molecule has 1 rings (SSSR count). The van der Waals surface area contributed by atoms with Gasteiger partial charge in [0, 0.05) is 11.6 Å². The van der Waals surface area contributed by atoms with E-state index in [1.165, 1.54) is 11.6 Å². The lowest BCUT2D eigenvalue weighted by atomic mass is 10.2. The highest BCUT2D eigenvalue weighted by Gasteiger charge is 1.90. The highest BCUT2D eigenvalue weighted by Crippen LogP contribution is 1.94. The molecule has 0 aromatic heterocycles. The summed E-state index contributed by atoms with van der Waals surface area (Å²) in [6.07, 6.45) is 1.29. The SMILES string of the molecule is CS(=O)(O)=Cc1ccccc1. The second-order valence-corrected chi connectivity index (χ2v) is 4.35. The molecular formula is C8H10O2S. The molecule has 0 fully saturated rings. The van der Waals surface area contributed by atoms with E-state index >= 15 is 0 Å². The van der Waals surface area contributed by atoms with Crippen LogP contribution in [0.5, 0.6) is 0 Å². The maximum Gasteiger partial charge on any atom is 0.0791 e. The lowest BCUT2D eigenvalue weighted by Crippen LogP contribution is -1.98. The molecule has 1 aromatic rings. The Hall–Kier alpha value is -0.800. The Balaban J connectivity index is 3.08. The molecule has 1 unspecified atom stereocenters. The van der Waals surface area contributed by atoms with Gasteiger partial charge in [0.15, 0.2) is 0 Å². The van der Waals surface area contributed by atoms with Gasteiger partial charge >= 0.3 is 0 Å². The van der Waals surface area contributed by atoms with Crippen LogP contribution in [0.4, 0.5) is 0 Å². The maximum atomic E-state index is 10.9. The van der Waals surface area contributed by atoms with E-state index in [9.17, 15) is 4.21 Å². The Morgan fingerprint density at radius 3 is 2.36 bits per heavy atom. The molecule has 3 heteroatoms. The van der Waals surface area contributed by atoms with Crippen molar-refractivity contribution in [3.63, 3.8) is 0 Å². The summed E-state index contributed by atoms with van der Waals surface area (Å²) in [6.45, 7) is 0. The molecule has 0 aliphatic heterocycles. The number of benzene rings is 1. The predicted molar refractivity (Wildman–Crippen MR) is 48.3 cm³/mol. The predicted octanol–water partition coefficient (Wildman–Crippen LogP) is 1.22. The van der Waals surface area contributed by atoms with Crippen molar-refractivity contribution in [3.8, 4) is 0 Å². The fraction of sp³-hybridized carbons (Fsp3) is 0.125. The van der Waals surface area contributed by atoms with Gasteiger partial charge in [0.05, 0.1) is 9.80 Å². The molecule has 0 saturated heterocycles. The molecule has 0 aliphatic rings. The van der Waals surface area contributed by atoms with Crippen LogP contribution in [0.2, 0.25) is 0 Å². The molecular weight excluding hydrogens is 160 g/mol. The third kappa shape index (κ3) is 3.20. The Morgan fingerprint density at radius 2 is 1.91 bits per heavy atom. The normalized spacial score (nSPS) is 15.5. The van der Waals surface area contributed by atoms with Crippen LogP contribution in [0, 0.1) is 0 Å². The second kappa shape index (κ2) is 3.07. The van der Waals surface area contributed by atoms with Crippen molar-refractivity contribution in [1.82, 2.24) is 0 Å². The van der Waals surface area contributed by atoms with Crippen LogP contribution in [0.3, 0.4) is 0 Å². The Kier molecular flexibility index (Phi) is 2.31. The monoisotopic (exact) mass is 170 g/mol. The van der Waals surface area contributed by atoms with Crippen LogP contribution >= 0.6 is 0 Å². The zero-order chi connectivity index (χ0) is 8.32. The topological polar surface area (TPSA) is 37.3 Å². The van der Waals surface area contributed by atoms with Crippen LogP contribution in [0.15, 0.2) is 30.3 Å². The molecule has 0 heterocycles. The fourth-order valence-corrected chi connectivity index (χ4v) is 1.45. The van der Waals surface area contributed by atoms with Gasteiger partial charge in [0.25, 0.3) is 0 Å². The summed E-state index contributed by atoms with van der Waals surface area (Å²) in [7, 11) is -2.75. The summed E-state index contributed by atoms with van der Waals surface area (Å²) in [5, 5.41) is 1.35. The first-order valence-electron chi connectivity index (χ1n) is 3.19. The first kappa shape index (κ1) is 8.30. The van der Waals surface area contributed by atoms with E-state index in [-0.39, 0.29) is 0 Å². The van der Waals surface area contributed by atoms with E-state index in [0.717, 1.165) is 5.56 Å². The third-order valence-corrected chi connectivity index (χ3v) is 1.86. The smallest absolute Gasteiger partial charge is 0.0791 e. The van der Waals surface area contributed by atoms with E-state index in [4.69, 9.17) is 4.55 Å². The van der Waals surface area contributed by atoms with Gasteiger partial charge in [-0.1, -0.05) is 30.3 Å². The van der Waals surface area contributed by atoms with Crippen molar-refractivity contribution in [2.75, 3.05) is 6.26 Å². The molecule has 1 N–H and O–H groups in total. The van der Waals surface area contributed by atoms with Gasteiger partial charge in [-0.05, 0) is 5.56 Å². The summed E-state index contributed by atoms with van der Waals surface area (Å²) in [5.41, 5.74) is 0.780. The van der Waals surface area contributed by atoms with Crippen molar-refractivity contribution in [3.05, 3.63) is 35.9 Å². The van der Waals surface area contributed by atoms with Gasteiger partial charge in [0.2, 0.25) is 0 Å². The minimum Gasteiger partial charge on any atom is -0.314 e. The minimum atomic E-state index is -2.75. The second-order valence-electron chi connectivity index (χ2n) is 2.39. The van der Waals surface area contributed by atoms with Gasteiger partial charge in [-0.3, -0.25) is 0 Å². The molecule has 1 atom stereocenters. The van der Waals surface area contributed by atoms with Crippen molar-refractivity contribution < 1.29 is 8.76 Å². The molecule has 0 aliphatic carbocycles. The van der Waals surface area contributed by atoms with Crippen LogP contribution < -0.4 is 0 Å². The minimum absolute atomic E-state index is 0.780. The van der Waals surface area contributed by atoms with E-state index < -0.39 is 9.80 Å². The van der Waals surface area contributed by atoms with Crippen molar-refractivity contribution in [2.24, 2.45) is 0 Å².